The second kappa shape index (κ2) is 7.65. The summed E-state index contributed by atoms with van der Waals surface area (Å²) in [6.45, 7) is 0.846. The van der Waals surface area contributed by atoms with E-state index in [4.69, 9.17) is 9.47 Å². The molecule has 1 amide bonds. The molecule has 8 heteroatoms. The topological polar surface area (TPSA) is 84.9 Å². The first-order valence-corrected chi connectivity index (χ1v) is 9.25. The lowest BCUT2D eigenvalue weighted by Crippen LogP contribution is -2.42. The summed E-state index contributed by atoms with van der Waals surface area (Å²) in [5, 5.41) is 2.72. The number of methoxy groups -OCH3 is 1. The molecule has 2 rings (SSSR count). The van der Waals surface area contributed by atoms with Crippen molar-refractivity contribution in [1.29, 1.82) is 0 Å². The Morgan fingerprint density at radius 3 is 2.61 bits per heavy atom. The third kappa shape index (κ3) is 5.11. The van der Waals surface area contributed by atoms with Crippen LogP contribution in [0.5, 0.6) is 5.75 Å². The van der Waals surface area contributed by atoms with Crippen LogP contribution < -0.4 is 14.4 Å². The monoisotopic (exact) mass is 342 g/mol. The molecule has 7 nitrogen and oxygen atoms in total. The van der Waals surface area contributed by atoms with E-state index in [1.54, 1.807) is 24.3 Å². The van der Waals surface area contributed by atoms with E-state index < -0.39 is 10.0 Å². The average Bonchev–Trinajstić information content (AvgIpc) is 3.03. The van der Waals surface area contributed by atoms with Crippen LogP contribution >= 0.6 is 0 Å². The molecule has 0 radical (unpaired) electrons. The highest BCUT2D eigenvalue weighted by Gasteiger charge is 2.22. The molecule has 0 unspecified atom stereocenters. The van der Waals surface area contributed by atoms with Gasteiger partial charge >= 0.3 is 0 Å². The number of nitrogens with zero attached hydrogens (tertiary/aromatic N) is 1. The number of hydrogen-bond donors (Lipinski definition) is 1. The molecule has 0 bridgehead atoms. The number of rotatable bonds is 7. The van der Waals surface area contributed by atoms with Crippen LogP contribution in [0.3, 0.4) is 0 Å². The highest BCUT2D eigenvalue weighted by Crippen LogP contribution is 2.21. The summed E-state index contributed by atoms with van der Waals surface area (Å²) in [5.41, 5.74) is 0.417. The quantitative estimate of drug-likeness (QED) is 0.791. The van der Waals surface area contributed by atoms with Crippen molar-refractivity contribution in [3.8, 4) is 5.75 Å². The van der Waals surface area contributed by atoms with Gasteiger partial charge in [-0.2, -0.15) is 0 Å². The first kappa shape index (κ1) is 17.6. The SMILES string of the molecule is COc1ccc(N(CC(=O)NC[C@H]2CCCO2)S(C)(=O)=O)cc1. The van der Waals surface area contributed by atoms with Crippen molar-refractivity contribution < 1.29 is 22.7 Å². The number of carbonyl (C=O) groups excluding carboxylic acids is 1. The van der Waals surface area contributed by atoms with Crippen molar-refractivity contribution in [2.75, 3.05) is 37.4 Å². The van der Waals surface area contributed by atoms with Crippen LogP contribution in [0.25, 0.3) is 0 Å². The molecule has 128 valence electrons. The molecule has 1 aromatic carbocycles. The molecule has 0 aliphatic carbocycles. The minimum atomic E-state index is -3.57. The number of nitrogens with one attached hydrogen (secondary N) is 1. The first-order chi connectivity index (χ1) is 10.9. The average molecular weight is 342 g/mol. The Morgan fingerprint density at radius 1 is 1.39 bits per heavy atom. The fourth-order valence-corrected chi connectivity index (χ4v) is 3.22. The van der Waals surface area contributed by atoms with E-state index in [9.17, 15) is 13.2 Å². The van der Waals surface area contributed by atoms with E-state index in [-0.39, 0.29) is 18.6 Å². The molecular formula is C15H22N2O5S. The van der Waals surface area contributed by atoms with Crippen molar-refractivity contribution in [3.05, 3.63) is 24.3 Å². The normalized spacial score (nSPS) is 17.7. The number of hydrogen-bond acceptors (Lipinski definition) is 5. The van der Waals surface area contributed by atoms with Crippen molar-refractivity contribution in [2.45, 2.75) is 18.9 Å². The van der Waals surface area contributed by atoms with Gasteiger partial charge in [-0.3, -0.25) is 9.10 Å². The van der Waals surface area contributed by atoms with Gasteiger partial charge in [-0.15, -0.1) is 0 Å². The van der Waals surface area contributed by atoms with Gasteiger partial charge in [-0.25, -0.2) is 8.42 Å². The smallest absolute Gasteiger partial charge is 0.240 e. The molecular weight excluding hydrogens is 320 g/mol. The predicted molar refractivity (Wildman–Crippen MR) is 87.2 cm³/mol. The highest BCUT2D eigenvalue weighted by molar-refractivity contribution is 7.92. The Balaban J connectivity index is 2.01. The summed E-state index contributed by atoms with van der Waals surface area (Å²) < 4.78 is 35.5. The Labute approximate surface area is 136 Å². The summed E-state index contributed by atoms with van der Waals surface area (Å²) in [4.78, 5) is 12.1. The molecule has 1 heterocycles. The van der Waals surface area contributed by atoms with Gasteiger partial charge in [0.15, 0.2) is 0 Å². The van der Waals surface area contributed by atoms with Crippen molar-refractivity contribution >= 4 is 21.6 Å². The first-order valence-electron chi connectivity index (χ1n) is 7.40. The van der Waals surface area contributed by atoms with E-state index in [0.29, 0.717) is 24.6 Å². The van der Waals surface area contributed by atoms with Crippen molar-refractivity contribution in [3.63, 3.8) is 0 Å². The maximum Gasteiger partial charge on any atom is 0.240 e. The van der Waals surface area contributed by atoms with Crippen LogP contribution in [0.4, 0.5) is 5.69 Å². The van der Waals surface area contributed by atoms with Gasteiger partial charge < -0.3 is 14.8 Å². The zero-order valence-electron chi connectivity index (χ0n) is 13.3. The van der Waals surface area contributed by atoms with Gasteiger partial charge in [-0.05, 0) is 37.1 Å². The summed E-state index contributed by atoms with van der Waals surface area (Å²) >= 11 is 0. The van der Waals surface area contributed by atoms with Crippen LogP contribution in [-0.4, -0.2) is 53.5 Å². The minimum absolute atomic E-state index is 0.0200. The maximum absolute atomic E-state index is 12.1. The molecule has 1 atom stereocenters. The molecule has 0 aromatic heterocycles. The minimum Gasteiger partial charge on any atom is -0.497 e. The number of benzene rings is 1. The molecule has 1 saturated heterocycles. The van der Waals surface area contributed by atoms with E-state index >= 15 is 0 Å². The zero-order valence-corrected chi connectivity index (χ0v) is 14.1. The third-order valence-electron chi connectivity index (χ3n) is 3.60. The largest absolute Gasteiger partial charge is 0.497 e. The maximum atomic E-state index is 12.1. The van der Waals surface area contributed by atoms with Crippen LogP contribution in [0.15, 0.2) is 24.3 Å². The Bertz CT molecular complexity index is 624. The van der Waals surface area contributed by atoms with Gasteiger partial charge in [0.2, 0.25) is 15.9 Å². The lowest BCUT2D eigenvalue weighted by atomic mass is 10.2. The van der Waals surface area contributed by atoms with Gasteiger partial charge in [0, 0.05) is 13.2 Å². The van der Waals surface area contributed by atoms with E-state index in [1.165, 1.54) is 7.11 Å². The Kier molecular flexibility index (Phi) is 5.84. The number of ether oxygens (including phenoxy) is 2. The fraction of sp³-hybridized carbons (Fsp3) is 0.533. The number of carbonyl (C=O) groups is 1. The summed E-state index contributed by atoms with van der Waals surface area (Å²) in [6, 6.07) is 6.51. The van der Waals surface area contributed by atoms with Gasteiger partial charge in [-0.1, -0.05) is 0 Å². The number of anilines is 1. The molecule has 0 saturated carbocycles. The number of amides is 1. The molecule has 1 fully saturated rings. The standard InChI is InChI=1S/C15H22N2O5S/c1-21-13-7-5-12(6-8-13)17(23(2,19)20)11-15(18)16-10-14-4-3-9-22-14/h5-8,14H,3-4,9-11H2,1-2H3,(H,16,18)/t14-/m1/s1. The van der Waals surface area contributed by atoms with E-state index in [0.717, 1.165) is 23.4 Å². The van der Waals surface area contributed by atoms with Crippen LogP contribution in [0.1, 0.15) is 12.8 Å². The molecule has 1 N–H and O–H groups in total. The second-order valence-corrected chi connectivity index (χ2v) is 7.31. The third-order valence-corrected chi connectivity index (χ3v) is 4.74. The zero-order chi connectivity index (χ0) is 16.9. The van der Waals surface area contributed by atoms with Crippen molar-refractivity contribution in [2.24, 2.45) is 0 Å². The van der Waals surface area contributed by atoms with E-state index in [1.807, 2.05) is 0 Å². The molecule has 1 aliphatic heterocycles. The summed E-state index contributed by atoms with van der Waals surface area (Å²) in [6.07, 6.45) is 2.99. The second-order valence-electron chi connectivity index (χ2n) is 5.41. The Morgan fingerprint density at radius 2 is 2.09 bits per heavy atom. The van der Waals surface area contributed by atoms with Gasteiger partial charge in [0.25, 0.3) is 0 Å². The Hall–Kier alpha value is -1.80. The fourth-order valence-electron chi connectivity index (χ4n) is 2.37. The predicted octanol–water partition coefficient (Wildman–Crippen LogP) is 0.756. The van der Waals surface area contributed by atoms with Crippen molar-refractivity contribution in [1.82, 2.24) is 5.32 Å². The molecule has 23 heavy (non-hydrogen) atoms. The summed E-state index contributed by atoms with van der Waals surface area (Å²) in [5.74, 6) is 0.256. The molecule has 1 aliphatic rings. The van der Waals surface area contributed by atoms with E-state index in [2.05, 4.69) is 5.32 Å². The van der Waals surface area contributed by atoms with Gasteiger partial charge in [0.05, 0.1) is 25.2 Å². The van der Waals surface area contributed by atoms with Crippen LogP contribution in [-0.2, 0) is 19.6 Å². The van der Waals surface area contributed by atoms with Crippen LogP contribution in [0.2, 0.25) is 0 Å². The lowest BCUT2D eigenvalue weighted by Gasteiger charge is -2.22. The lowest BCUT2D eigenvalue weighted by molar-refractivity contribution is -0.120. The molecule has 1 aromatic rings. The van der Waals surface area contributed by atoms with Crippen LogP contribution in [0, 0.1) is 0 Å². The summed E-state index contributed by atoms with van der Waals surface area (Å²) in [7, 11) is -2.04. The van der Waals surface area contributed by atoms with Gasteiger partial charge in [0.1, 0.15) is 12.3 Å². The number of sulfonamides is 1. The highest BCUT2D eigenvalue weighted by atomic mass is 32.2. The molecule has 0 spiro atoms.